The fourth-order valence-electron chi connectivity index (χ4n) is 9.54. The normalized spacial score (nSPS) is 18.2. The molecule has 0 spiro atoms. The van der Waals surface area contributed by atoms with Crippen LogP contribution in [0.15, 0.2) is 60.8 Å². The van der Waals surface area contributed by atoms with Gasteiger partial charge in [0, 0.05) is 19.3 Å². The molecule has 0 bridgehead atoms. The molecule has 6 atom stereocenters. The monoisotopic (exact) mass is 1110 g/mol. The summed E-state index contributed by atoms with van der Waals surface area (Å²) < 4.78 is 28.5. The van der Waals surface area contributed by atoms with E-state index in [0.717, 1.165) is 128 Å². The Morgan fingerprint density at radius 3 is 1.19 bits per heavy atom. The molecular weight excluding hydrogens is 997 g/mol. The van der Waals surface area contributed by atoms with Crippen molar-refractivity contribution in [2.45, 2.75) is 327 Å². The standard InChI is InChI=1S/C67H116O12/c1-4-7-10-13-16-19-22-25-28-29-30-31-34-35-38-41-44-47-50-53-59(68)75-56-58(77-60(69)54-51-48-45-42-39-36-32-26-23-20-17-14-11-8-5-2)57-76-67-65(63(72)62(71)64(79-67)66(73)74)78-61(70)55-52-49-46-43-40-37-33-27-24-21-18-15-12-9-6-3/h16,19,25-28,30-33,58,62-65,67,71-72H,4-15,17-18,20-24,29,34-57H2,1-3H3,(H,73,74)/b19-16-,28-25-,31-30-,32-26-,33-27-. The van der Waals surface area contributed by atoms with Crippen LogP contribution in [0.1, 0.15) is 290 Å². The highest BCUT2D eigenvalue weighted by atomic mass is 16.7. The third-order valence-corrected chi connectivity index (χ3v) is 14.5. The van der Waals surface area contributed by atoms with Crippen molar-refractivity contribution in [2.24, 2.45) is 0 Å². The van der Waals surface area contributed by atoms with E-state index in [0.29, 0.717) is 19.3 Å². The van der Waals surface area contributed by atoms with Gasteiger partial charge in [-0.1, -0.05) is 223 Å². The summed E-state index contributed by atoms with van der Waals surface area (Å²) in [5.74, 6) is -3.14. The van der Waals surface area contributed by atoms with E-state index in [2.05, 4.69) is 81.5 Å². The van der Waals surface area contributed by atoms with E-state index in [1.54, 1.807) is 0 Å². The molecule has 1 saturated heterocycles. The number of rotatable bonds is 55. The summed E-state index contributed by atoms with van der Waals surface area (Å²) in [5.41, 5.74) is 0. The number of carbonyl (C=O) groups excluding carboxylic acids is 3. The van der Waals surface area contributed by atoms with Crippen LogP contribution < -0.4 is 0 Å². The second-order valence-electron chi connectivity index (χ2n) is 22.0. The minimum absolute atomic E-state index is 0.0486. The van der Waals surface area contributed by atoms with Crippen LogP contribution in [0.2, 0.25) is 0 Å². The fourth-order valence-corrected chi connectivity index (χ4v) is 9.54. The highest BCUT2D eigenvalue weighted by Crippen LogP contribution is 2.27. The third-order valence-electron chi connectivity index (χ3n) is 14.5. The maximum absolute atomic E-state index is 13.2. The first-order valence-corrected chi connectivity index (χ1v) is 32.3. The molecule has 1 rings (SSSR count). The Hall–Kier alpha value is -3.58. The van der Waals surface area contributed by atoms with Crippen molar-refractivity contribution in [2.75, 3.05) is 13.2 Å². The summed E-state index contributed by atoms with van der Waals surface area (Å²) in [6, 6.07) is 0. The predicted octanol–water partition coefficient (Wildman–Crippen LogP) is 17.1. The number of allylic oxidation sites excluding steroid dienone is 10. The molecular formula is C67H116O12. The van der Waals surface area contributed by atoms with Crippen molar-refractivity contribution in [3.63, 3.8) is 0 Å². The van der Waals surface area contributed by atoms with E-state index in [1.807, 2.05) is 0 Å². The predicted molar refractivity (Wildman–Crippen MR) is 322 cm³/mol. The lowest BCUT2D eigenvalue weighted by molar-refractivity contribution is -0.301. The van der Waals surface area contributed by atoms with Crippen LogP contribution in [0.4, 0.5) is 0 Å². The van der Waals surface area contributed by atoms with Crippen LogP contribution in [-0.2, 0) is 42.9 Å². The number of carboxylic acids is 1. The molecule has 1 fully saturated rings. The topological polar surface area (TPSA) is 175 Å². The molecule has 456 valence electrons. The number of esters is 3. The van der Waals surface area contributed by atoms with Crippen molar-refractivity contribution in [1.29, 1.82) is 0 Å². The van der Waals surface area contributed by atoms with E-state index < -0.39 is 67.3 Å². The Labute approximate surface area is 481 Å². The molecule has 6 unspecified atom stereocenters. The smallest absolute Gasteiger partial charge is 0.335 e. The van der Waals surface area contributed by atoms with Gasteiger partial charge in [-0.05, 0) is 109 Å². The molecule has 79 heavy (non-hydrogen) atoms. The van der Waals surface area contributed by atoms with Gasteiger partial charge in [0.1, 0.15) is 18.8 Å². The zero-order chi connectivity index (χ0) is 57.5. The highest BCUT2D eigenvalue weighted by molar-refractivity contribution is 5.74. The van der Waals surface area contributed by atoms with Crippen LogP contribution in [0.3, 0.4) is 0 Å². The second kappa shape index (κ2) is 55.0. The summed E-state index contributed by atoms with van der Waals surface area (Å²) in [6.07, 6.45) is 56.0. The summed E-state index contributed by atoms with van der Waals surface area (Å²) in [5, 5.41) is 31.6. The number of hydrogen-bond donors (Lipinski definition) is 3. The van der Waals surface area contributed by atoms with E-state index >= 15 is 0 Å². The fraction of sp³-hybridized carbons (Fsp3) is 0.791. The Morgan fingerprint density at radius 2 is 0.759 bits per heavy atom. The minimum Gasteiger partial charge on any atom is -0.479 e. The van der Waals surface area contributed by atoms with Crippen molar-refractivity contribution in [1.82, 2.24) is 0 Å². The zero-order valence-corrected chi connectivity index (χ0v) is 50.4. The number of aliphatic hydroxyl groups excluding tert-OH is 2. The van der Waals surface area contributed by atoms with Crippen LogP contribution in [-0.4, -0.2) is 89.2 Å². The van der Waals surface area contributed by atoms with E-state index in [1.165, 1.54) is 103 Å². The summed E-state index contributed by atoms with van der Waals surface area (Å²) in [4.78, 5) is 51.3. The Morgan fingerprint density at radius 1 is 0.418 bits per heavy atom. The summed E-state index contributed by atoms with van der Waals surface area (Å²) in [7, 11) is 0. The average Bonchev–Trinajstić information content (AvgIpc) is 3.46. The van der Waals surface area contributed by atoms with Gasteiger partial charge >= 0.3 is 23.9 Å². The lowest BCUT2D eigenvalue weighted by atomic mass is 9.98. The summed E-state index contributed by atoms with van der Waals surface area (Å²) in [6.45, 7) is 5.96. The second-order valence-corrected chi connectivity index (χ2v) is 22.0. The van der Waals surface area contributed by atoms with Gasteiger partial charge in [0.2, 0.25) is 0 Å². The third kappa shape index (κ3) is 44.7. The van der Waals surface area contributed by atoms with E-state index in [4.69, 9.17) is 23.7 Å². The quantitative estimate of drug-likeness (QED) is 0.0228. The van der Waals surface area contributed by atoms with Gasteiger partial charge in [0.25, 0.3) is 0 Å². The molecule has 0 saturated carbocycles. The lowest BCUT2D eigenvalue weighted by Crippen LogP contribution is -2.61. The average molecular weight is 1110 g/mol. The highest BCUT2D eigenvalue weighted by Gasteiger charge is 2.50. The molecule has 0 amide bonds. The molecule has 0 aromatic heterocycles. The number of carboxylic acid groups (broad SMARTS) is 1. The van der Waals surface area contributed by atoms with E-state index in [9.17, 15) is 34.5 Å². The molecule has 0 aromatic carbocycles. The maximum atomic E-state index is 13.2. The SMILES string of the molecule is CCCCC/C=C\C/C=C\C/C=C\CCCCCCCCC(=O)OCC(COC1OC(C(=O)O)C(O)C(O)C1OC(=O)CCCCCCC/C=C\CCCCCCCC)OC(=O)CCCCCCC/C=C\CCCCCCCC. The Bertz CT molecular complexity index is 1600. The number of unbranched alkanes of at least 4 members (excludes halogenated alkanes) is 31. The van der Waals surface area contributed by atoms with E-state index in [-0.39, 0.29) is 25.9 Å². The molecule has 1 aliphatic rings. The van der Waals surface area contributed by atoms with Crippen LogP contribution in [0.5, 0.6) is 0 Å². The maximum Gasteiger partial charge on any atom is 0.335 e. The molecule has 0 radical (unpaired) electrons. The number of ether oxygens (including phenoxy) is 5. The van der Waals surface area contributed by atoms with Crippen LogP contribution in [0, 0.1) is 0 Å². The molecule has 0 aromatic rings. The lowest BCUT2D eigenvalue weighted by Gasteiger charge is -2.40. The summed E-state index contributed by atoms with van der Waals surface area (Å²) >= 11 is 0. The van der Waals surface area contributed by atoms with Gasteiger partial charge in [0.05, 0.1) is 6.61 Å². The van der Waals surface area contributed by atoms with Gasteiger partial charge < -0.3 is 39.0 Å². The Kier molecular flexibility index (Phi) is 51.1. The van der Waals surface area contributed by atoms with Gasteiger partial charge in [-0.2, -0.15) is 0 Å². The van der Waals surface area contributed by atoms with Gasteiger partial charge in [0.15, 0.2) is 24.6 Å². The molecule has 1 heterocycles. The van der Waals surface area contributed by atoms with Crippen molar-refractivity contribution < 1.29 is 58.2 Å². The number of carbonyl (C=O) groups is 4. The largest absolute Gasteiger partial charge is 0.479 e. The minimum atomic E-state index is -1.91. The first-order chi connectivity index (χ1) is 38.6. The first-order valence-electron chi connectivity index (χ1n) is 32.3. The van der Waals surface area contributed by atoms with Crippen molar-refractivity contribution in [3.8, 4) is 0 Å². The molecule has 12 nitrogen and oxygen atoms in total. The number of aliphatic carboxylic acids is 1. The molecule has 1 aliphatic heterocycles. The molecule has 0 aliphatic carbocycles. The van der Waals surface area contributed by atoms with Gasteiger partial charge in [-0.3, -0.25) is 14.4 Å². The van der Waals surface area contributed by atoms with Crippen LogP contribution in [0.25, 0.3) is 0 Å². The Balaban J connectivity index is 2.68. The number of aliphatic hydroxyl groups is 2. The molecule has 3 N–H and O–H groups in total. The van der Waals surface area contributed by atoms with Gasteiger partial charge in [-0.15, -0.1) is 0 Å². The van der Waals surface area contributed by atoms with Crippen LogP contribution >= 0.6 is 0 Å². The first kappa shape index (κ1) is 73.4. The van der Waals surface area contributed by atoms with Gasteiger partial charge in [-0.25, -0.2) is 4.79 Å². The van der Waals surface area contributed by atoms with Crippen molar-refractivity contribution in [3.05, 3.63) is 60.8 Å². The number of hydrogen-bond acceptors (Lipinski definition) is 11. The zero-order valence-electron chi connectivity index (χ0n) is 50.4. The molecule has 12 heteroatoms. The van der Waals surface area contributed by atoms with Crippen molar-refractivity contribution >= 4 is 23.9 Å².